The summed E-state index contributed by atoms with van der Waals surface area (Å²) in [6.07, 6.45) is 12.4. The zero-order valence-electron chi connectivity index (χ0n) is 24.1. The van der Waals surface area contributed by atoms with E-state index in [1.54, 1.807) is 11.1 Å². The van der Waals surface area contributed by atoms with Crippen molar-refractivity contribution in [3.05, 3.63) is 22.8 Å². The number of carboxylic acids is 1. The maximum absolute atomic E-state index is 12.5. The number of carboxylic acid groups (broad SMARTS) is 1. The van der Waals surface area contributed by atoms with Crippen molar-refractivity contribution >= 4 is 11.9 Å². The van der Waals surface area contributed by atoms with Gasteiger partial charge in [0.15, 0.2) is 0 Å². The van der Waals surface area contributed by atoms with Crippen LogP contribution in [0.5, 0.6) is 0 Å². The molecule has 0 radical (unpaired) electrons. The van der Waals surface area contributed by atoms with Crippen LogP contribution in [-0.4, -0.2) is 23.1 Å². The van der Waals surface area contributed by atoms with Crippen molar-refractivity contribution in [1.82, 2.24) is 0 Å². The first-order chi connectivity index (χ1) is 16.7. The number of fused-ring (bicyclic) bond motifs is 4. The topological polar surface area (TPSA) is 63.6 Å². The van der Waals surface area contributed by atoms with E-state index in [1.807, 2.05) is 0 Å². The molecule has 2 saturated carbocycles. The minimum atomic E-state index is -0.603. The van der Waals surface area contributed by atoms with Crippen molar-refractivity contribution in [2.24, 2.45) is 39.4 Å². The predicted octanol–water partition coefficient (Wildman–Crippen LogP) is 8.11. The molecule has 4 rings (SSSR count). The standard InChI is InChI=1S/C32H50O4/c1-20(2)10-9-11-22(28(34)35)23-14-18-32(8)25-12-13-26-29(4,5)27(36-21(3)33)16-17-30(26,6)24(25)15-19-31(23,32)7/h10,22-23,26-27H,9,11-19H2,1-8H3,(H,34,35)/t22-,23-,26-,27+,30+,31-,32+/m0/s1. The molecule has 0 bridgehead atoms. The molecular formula is C32H50O4. The molecule has 0 aliphatic heterocycles. The summed E-state index contributed by atoms with van der Waals surface area (Å²) >= 11 is 0. The molecule has 36 heavy (non-hydrogen) atoms. The highest BCUT2D eigenvalue weighted by molar-refractivity contribution is 5.70. The van der Waals surface area contributed by atoms with E-state index >= 15 is 0 Å². The second-order valence-electron chi connectivity index (χ2n) is 14.1. The van der Waals surface area contributed by atoms with Gasteiger partial charge in [-0.25, -0.2) is 0 Å². The molecule has 4 heteroatoms. The summed E-state index contributed by atoms with van der Waals surface area (Å²) in [6, 6.07) is 0. The van der Waals surface area contributed by atoms with Gasteiger partial charge in [0, 0.05) is 12.3 Å². The Kier molecular flexibility index (Phi) is 7.10. The lowest BCUT2D eigenvalue weighted by Crippen LogP contribution is -2.56. The highest BCUT2D eigenvalue weighted by Gasteiger charge is 2.64. The minimum absolute atomic E-state index is 0.00680. The van der Waals surface area contributed by atoms with E-state index in [0.29, 0.717) is 5.92 Å². The van der Waals surface area contributed by atoms with E-state index in [9.17, 15) is 14.7 Å². The molecular weight excluding hydrogens is 448 g/mol. The molecule has 4 aliphatic carbocycles. The Hall–Kier alpha value is -1.58. The summed E-state index contributed by atoms with van der Waals surface area (Å²) in [6.45, 7) is 17.8. The Labute approximate surface area is 219 Å². The summed E-state index contributed by atoms with van der Waals surface area (Å²) in [5.41, 5.74) is 4.85. The number of hydrogen-bond acceptors (Lipinski definition) is 3. The molecule has 0 heterocycles. The fourth-order valence-corrected chi connectivity index (χ4v) is 9.81. The monoisotopic (exact) mass is 498 g/mol. The first-order valence-corrected chi connectivity index (χ1v) is 14.4. The van der Waals surface area contributed by atoms with E-state index in [4.69, 9.17) is 4.74 Å². The molecule has 0 aromatic carbocycles. The second-order valence-corrected chi connectivity index (χ2v) is 14.1. The van der Waals surface area contributed by atoms with Gasteiger partial charge in [-0.2, -0.15) is 0 Å². The Balaban J connectivity index is 1.67. The molecule has 0 aromatic heterocycles. The van der Waals surface area contributed by atoms with Gasteiger partial charge in [0.05, 0.1) is 5.92 Å². The van der Waals surface area contributed by atoms with Crippen LogP contribution in [0.25, 0.3) is 0 Å². The largest absolute Gasteiger partial charge is 0.481 e. The van der Waals surface area contributed by atoms with Gasteiger partial charge in [0.2, 0.25) is 0 Å². The van der Waals surface area contributed by atoms with Crippen LogP contribution in [0.3, 0.4) is 0 Å². The molecule has 202 valence electrons. The van der Waals surface area contributed by atoms with E-state index in [2.05, 4.69) is 54.5 Å². The van der Waals surface area contributed by atoms with Gasteiger partial charge in [-0.3, -0.25) is 9.59 Å². The first kappa shape index (κ1) is 27.5. The zero-order chi connectivity index (χ0) is 26.7. The van der Waals surface area contributed by atoms with Crippen LogP contribution in [-0.2, 0) is 14.3 Å². The average molecular weight is 499 g/mol. The van der Waals surface area contributed by atoms with Crippen molar-refractivity contribution in [3.63, 3.8) is 0 Å². The highest BCUT2D eigenvalue weighted by Crippen LogP contribution is 2.72. The van der Waals surface area contributed by atoms with Crippen LogP contribution >= 0.6 is 0 Å². The summed E-state index contributed by atoms with van der Waals surface area (Å²) in [7, 11) is 0. The van der Waals surface area contributed by atoms with Crippen LogP contribution in [0.4, 0.5) is 0 Å². The fraction of sp³-hybridized carbons (Fsp3) is 0.812. The van der Waals surface area contributed by atoms with Gasteiger partial charge >= 0.3 is 11.9 Å². The van der Waals surface area contributed by atoms with Crippen LogP contribution in [0.2, 0.25) is 0 Å². The molecule has 0 unspecified atom stereocenters. The van der Waals surface area contributed by atoms with Gasteiger partial charge < -0.3 is 9.84 Å². The van der Waals surface area contributed by atoms with Crippen molar-refractivity contribution in [2.45, 2.75) is 126 Å². The molecule has 0 spiro atoms. The summed E-state index contributed by atoms with van der Waals surface area (Å²) in [5, 5.41) is 10.3. The number of allylic oxidation sites excluding steroid dienone is 4. The molecule has 4 nitrogen and oxygen atoms in total. The quantitative estimate of drug-likeness (QED) is 0.297. The van der Waals surface area contributed by atoms with E-state index in [0.717, 1.165) is 64.2 Å². The molecule has 1 N–H and O–H groups in total. The maximum atomic E-state index is 12.5. The number of aliphatic carboxylic acids is 1. The number of rotatable bonds is 6. The van der Waals surface area contributed by atoms with Crippen LogP contribution in [0.1, 0.15) is 120 Å². The smallest absolute Gasteiger partial charge is 0.306 e. The highest BCUT2D eigenvalue weighted by atomic mass is 16.5. The Bertz CT molecular complexity index is 969. The van der Waals surface area contributed by atoms with Gasteiger partial charge in [-0.1, -0.05) is 57.4 Å². The van der Waals surface area contributed by atoms with Gasteiger partial charge in [-0.05, 0) is 106 Å². The predicted molar refractivity (Wildman–Crippen MR) is 144 cm³/mol. The third-order valence-electron chi connectivity index (χ3n) is 11.9. The maximum Gasteiger partial charge on any atom is 0.306 e. The van der Waals surface area contributed by atoms with Crippen LogP contribution in [0, 0.1) is 39.4 Å². The van der Waals surface area contributed by atoms with Crippen molar-refractivity contribution in [3.8, 4) is 0 Å². The number of esters is 1. The molecule has 0 saturated heterocycles. The van der Waals surface area contributed by atoms with E-state index in [1.165, 1.54) is 12.5 Å². The van der Waals surface area contributed by atoms with E-state index in [-0.39, 0.29) is 45.6 Å². The number of carbonyl (C=O) groups is 2. The zero-order valence-corrected chi connectivity index (χ0v) is 24.1. The Morgan fingerprint density at radius 2 is 1.67 bits per heavy atom. The average Bonchev–Trinajstić information content (AvgIpc) is 3.04. The fourth-order valence-electron chi connectivity index (χ4n) is 9.81. The van der Waals surface area contributed by atoms with Gasteiger partial charge in [0.1, 0.15) is 6.10 Å². The van der Waals surface area contributed by atoms with E-state index < -0.39 is 5.97 Å². The summed E-state index contributed by atoms with van der Waals surface area (Å²) < 4.78 is 5.84. The molecule has 2 fully saturated rings. The van der Waals surface area contributed by atoms with Gasteiger partial charge in [0.25, 0.3) is 0 Å². The minimum Gasteiger partial charge on any atom is -0.481 e. The normalized spacial score (nSPS) is 39.9. The van der Waals surface area contributed by atoms with Crippen molar-refractivity contribution in [2.75, 3.05) is 0 Å². The molecule has 4 aliphatic rings. The lowest BCUT2D eigenvalue weighted by molar-refractivity contribution is -0.167. The van der Waals surface area contributed by atoms with Gasteiger partial charge in [-0.15, -0.1) is 0 Å². The number of carbonyl (C=O) groups excluding carboxylic acids is 1. The van der Waals surface area contributed by atoms with Crippen LogP contribution in [0.15, 0.2) is 22.8 Å². The summed E-state index contributed by atoms with van der Waals surface area (Å²) in [4.78, 5) is 24.3. The van der Waals surface area contributed by atoms with Crippen molar-refractivity contribution in [1.29, 1.82) is 0 Å². The first-order valence-electron chi connectivity index (χ1n) is 14.4. The Morgan fingerprint density at radius 1 is 0.972 bits per heavy atom. The van der Waals surface area contributed by atoms with Crippen LogP contribution < -0.4 is 0 Å². The second kappa shape index (κ2) is 9.31. The SMILES string of the molecule is CC(=O)O[C@@H]1CC[C@]2(C)C3=C(CC[C@H]2C1(C)C)[C@@]1(C)CC[C@@H]([C@H](CCC=C(C)C)C(=O)O)[C@]1(C)CC3. The third-order valence-corrected chi connectivity index (χ3v) is 11.9. The molecule has 0 amide bonds. The Morgan fingerprint density at radius 3 is 2.28 bits per heavy atom. The lowest BCUT2D eigenvalue weighted by Gasteiger charge is -2.62. The molecule has 0 aromatic rings. The lowest BCUT2D eigenvalue weighted by atomic mass is 9.43. The van der Waals surface area contributed by atoms with Crippen molar-refractivity contribution < 1.29 is 19.4 Å². The number of hydrogen-bond donors (Lipinski definition) is 1. The third kappa shape index (κ3) is 4.09. The molecule has 7 atom stereocenters. The number of ether oxygens (including phenoxy) is 1. The summed E-state index contributed by atoms with van der Waals surface area (Å²) in [5.74, 6) is -0.291.